The average Bonchev–Trinajstić information content (AvgIpc) is 3.40. The van der Waals surface area contributed by atoms with Crippen LogP contribution in [0, 0.1) is 34.5 Å². The van der Waals surface area contributed by atoms with Gasteiger partial charge in [0.2, 0.25) is 0 Å². The first kappa shape index (κ1) is 38.8. The minimum Gasteiger partial charge on any atom is -0.434 e. The number of rotatable bonds is 23. The number of carbonyl (C=O) groups is 1. The van der Waals surface area contributed by atoms with Gasteiger partial charge in [-0.1, -0.05) is 161 Å². The zero-order valence-corrected chi connectivity index (χ0v) is 31.9. The highest BCUT2D eigenvalue weighted by Gasteiger charge is 2.58. The summed E-state index contributed by atoms with van der Waals surface area (Å²) in [6, 6.07) is 0. The van der Waals surface area contributed by atoms with E-state index in [1.807, 2.05) is 0 Å². The van der Waals surface area contributed by atoms with Crippen LogP contribution in [0.15, 0.2) is 11.6 Å². The lowest BCUT2D eigenvalue weighted by molar-refractivity contribution is -0.0563. The lowest BCUT2D eigenvalue weighted by Gasteiger charge is -2.58. The van der Waals surface area contributed by atoms with Gasteiger partial charge in [0, 0.05) is 6.42 Å². The van der Waals surface area contributed by atoms with E-state index >= 15 is 0 Å². The molecule has 4 aliphatic carbocycles. The maximum atomic E-state index is 12.6. The quantitative estimate of drug-likeness (QED) is 0.0625. The molecule has 4 unspecified atom stereocenters. The van der Waals surface area contributed by atoms with Crippen LogP contribution in [0.1, 0.15) is 214 Å². The molecule has 3 nitrogen and oxygen atoms in total. The molecule has 4 rings (SSSR count). The number of unbranched alkanes of at least 4 members (excludes halogenated alkanes) is 18. The number of allylic oxidation sites excluding steroid dienone is 1. The average molecular weight is 655 g/mol. The summed E-state index contributed by atoms with van der Waals surface area (Å²) in [5.41, 5.74) is 2.48. The first-order valence-electron chi connectivity index (χ1n) is 21.4. The predicted molar refractivity (Wildman–Crippen MR) is 200 cm³/mol. The van der Waals surface area contributed by atoms with E-state index in [1.165, 1.54) is 161 Å². The minimum atomic E-state index is -0.432. The molecule has 3 saturated carbocycles. The van der Waals surface area contributed by atoms with Crippen LogP contribution in [0.2, 0.25) is 0 Å². The Kier molecular flexibility index (Phi) is 17.0. The molecule has 0 N–H and O–H groups in total. The van der Waals surface area contributed by atoms with Crippen molar-refractivity contribution < 1.29 is 14.3 Å². The van der Waals surface area contributed by atoms with Crippen LogP contribution in [-0.4, -0.2) is 18.9 Å². The van der Waals surface area contributed by atoms with Gasteiger partial charge in [-0.25, -0.2) is 4.79 Å². The molecule has 0 amide bonds. The molecule has 0 spiro atoms. The topological polar surface area (TPSA) is 35.5 Å². The van der Waals surface area contributed by atoms with Crippen LogP contribution in [-0.2, 0) is 9.47 Å². The van der Waals surface area contributed by atoms with Gasteiger partial charge in [-0.2, -0.15) is 0 Å². The number of hydrogen-bond acceptors (Lipinski definition) is 3. The molecule has 0 aromatic rings. The molecule has 272 valence electrons. The number of fused-ring (bicyclic) bond motifs is 5. The fourth-order valence-corrected chi connectivity index (χ4v) is 11.1. The van der Waals surface area contributed by atoms with Gasteiger partial charge in [-0.3, -0.25) is 0 Å². The molecular weight excluding hydrogens is 576 g/mol. The van der Waals surface area contributed by atoms with E-state index in [0.717, 1.165) is 49.4 Å². The summed E-state index contributed by atoms with van der Waals surface area (Å²) in [5.74, 6) is 3.56. The molecule has 0 heterocycles. The Labute approximate surface area is 292 Å². The molecule has 0 saturated heterocycles. The van der Waals surface area contributed by atoms with Gasteiger partial charge in [0.25, 0.3) is 0 Å². The van der Waals surface area contributed by atoms with Crippen LogP contribution in [0.25, 0.3) is 0 Å². The molecular formula is C44H78O3. The highest BCUT2D eigenvalue weighted by molar-refractivity contribution is 5.60. The summed E-state index contributed by atoms with van der Waals surface area (Å²) in [5, 5.41) is 0. The largest absolute Gasteiger partial charge is 0.508 e. The maximum absolute atomic E-state index is 12.6. The molecule has 4 aliphatic rings. The summed E-state index contributed by atoms with van der Waals surface area (Å²) in [7, 11) is 0. The summed E-state index contributed by atoms with van der Waals surface area (Å²) in [6.07, 6.45) is 41.1. The van der Waals surface area contributed by atoms with Crippen molar-refractivity contribution in [3.8, 4) is 0 Å². The van der Waals surface area contributed by atoms with E-state index in [9.17, 15) is 4.79 Å². The monoisotopic (exact) mass is 655 g/mol. The lowest BCUT2D eigenvalue weighted by Crippen LogP contribution is -2.50. The molecule has 0 aromatic carbocycles. The van der Waals surface area contributed by atoms with Gasteiger partial charge in [0.05, 0.1) is 6.61 Å². The Balaban J connectivity index is 1.08. The van der Waals surface area contributed by atoms with Crippen LogP contribution in [0.4, 0.5) is 4.79 Å². The molecule has 3 fully saturated rings. The highest BCUT2D eigenvalue weighted by atomic mass is 16.7. The lowest BCUT2D eigenvalue weighted by atomic mass is 9.47. The summed E-state index contributed by atoms with van der Waals surface area (Å²) in [6.45, 7) is 10.4. The Hall–Kier alpha value is -0.990. The summed E-state index contributed by atoms with van der Waals surface area (Å²) >= 11 is 0. The van der Waals surface area contributed by atoms with Gasteiger partial charge in [0.1, 0.15) is 6.10 Å². The van der Waals surface area contributed by atoms with E-state index in [2.05, 4.69) is 33.8 Å². The van der Waals surface area contributed by atoms with Crippen molar-refractivity contribution in [2.75, 3.05) is 6.61 Å². The Bertz CT molecular complexity index is 910. The summed E-state index contributed by atoms with van der Waals surface area (Å²) < 4.78 is 11.4. The van der Waals surface area contributed by atoms with Crippen molar-refractivity contribution in [2.45, 2.75) is 220 Å². The third-order valence-electron chi connectivity index (χ3n) is 14.1. The second-order valence-corrected chi connectivity index (χ2v) is 17.3. The van der Waals surface area contributed by atoms with Crippen LogP contribution >= 0.6 is 0 Å². The van der Waals surface area contributed by atoms with Crippen molar-refractivity contribution in [1.29, 1.82) is 0 Å². The first-order valence-corrected chi connectivity index (χ1v) is 21.4. The van der Waals surface area contributed by atoms with E-state index < -0.39 is 6.16 Å². The smallest absolute Gasteiger partial charge is 0.434 e. The van der Waals surface area contributed by atoms with Crippen molar-refractivity contribution in [3.05, 3.63) is 11.6 Å². The Morgan fingerprint density at radius 2 is 1.26 bits per heavy atom. The van der Waals surface area contributed by atoms with Crippen molar-refractivity contribution in [3.63, 3.8) is 0 Å². The van der Waals surface area contributed by atoms with Crippen molar-refractivity contribution in [2.24, 2.45) is 34.5 Å². The zero-order valence-electron chi connectivity index (χ0n) is 31.9. The second kappa shape index (κ2) is 20.6. The van der Waals surface area contributed by atoms with Crippen LogP contribution in [0.5, 0.6) is 0 Å². The second-order valence-electron chi connectivity index (χ2n) is 17.3. The molecule has 0 bridgehead atoms. The predicted octanol–water partition coefficient (Wildman–Crippen LogP) is 14.3. The standard InChI is InChI=1S/C44H78O3/c1-5-7-9-11-13-14-15-16-17-18-19-20-22-24-34-46-42(45)47-38-30-32-44(4)37(35-38)26-28-39-40-29-27-36(25-23-21-12-10-8-6-2)43(40,3)33-31-41(39)44/h26,36,38-41H,5-25,27-35H2,1-4H3/t36?,38-,39?,40?,41?,43+,44-/m0/s1. The van der Waals surface area contributed by atoms with E-state index in [4.69, 9.17) is 9.47 Å². The first-order chi connectivity index (χ1) is 22.9. The fraction of sp³-hybridized carbons (Fsp3) is 0.932. The molecule has 0 aliphatic heterocycles. The van der Waals surface area contributed by atoms with Gasteiger partial charge < -0.3 is 9.47 Å². The number of hydrogen-bond donors (Lipinski definition) is 0. The van der Waals surface area contributed by atoms with E-state index in [-0.39, 0.29) is 6.10 Å². The van der Waals surface area contributed by atoms with Gasteiger partial charge >= 0.3 is 6.16 Å². The molecule has 3 heteroatoms. The summed E-state index contributed by atoms with van der Waals surface area (Å²) in [4.78, 5) is 12.6. The van der Waals surface area contributed by atoms with E-state index in [0.29, 0.717) is 17.4 Å². The van der Waals surface area contributed by atoms with Gasteiger partial charge in [0.15, 0.2) is 0 Å². The van der Waals surface area contributed by atoms with Gasteiger partial charge in [-0.05, 0) is 92.3 Å². The third kappa shape index (κ3) is 11.3. The zero-order chi connectivity index (χ0) is 33.4. The normalized spacial score (nSPS) is 31.5. The van der Waals surface area contributed by atoms with Crippen LogP contribution in [0.3, 0.4) is 0 Å². The third-order valence-corrected chi connectivity index (χ3v) is 14.1. The SMILES string of the molecule is CCCCCCCCCCCCCCCCOC(=O)O[C@H]1CC[C@@]2(C)C(=CCC3C4CCC(CCCCCCCC)[C@@]4(C)CCC32)C1. The van der Waals surface area contributed by atoms with Crippen molar-refractivity contribution >= 4 is 6.16 Å². The number of ether oxygens (including phenoxy) is 2. The highest BCUT2D eigenvalue weighted by Crippen LogP contribution is 2.66. The minimum absolute atomic E-state index is 0.00300. The molecule has 0 aromatic heterocycles. The van der Waals surface area contributed by atoms with Crippen LogP contribution < -0.4 is 0 Å². The fourth-order valence-electron chi connectivity index (χ4n) is 11.1. The molecule has 0 radical (unpaired) electrons. The van der Waals surface area contributed by atoms with Crippen molar-refractivity contribution in [1.82, 2.24) is 0 Å². The molecule has 7 atom stereocenters. The Morgan fingerprint density at radius 1 is 0.681 bits per heavy atom. The Morgan fingerprint density at radius 3 is 1.87 bits per heavy atom. The number of carbonyl (C=O) groups excluding carboxylic acids is 1. The maximum Gasteiger partial charge on any atom is 0.508 e. The van der Waals surface area contributed by atoms with E-state index in [1.54, 1.807) is 5.57 Å². The molecule has 47 heavy (non-hydrogen) atoms. The van der Waals surface area contributed by atoms with Gasteiger partial charge in [-0.15, -0.1) is 0 Å².